The molecule has 1 aromatic rings. The number of amides is 1. The molecule has 1 rings (SSSR count). The summed E-state index contributed by atoms with van der Waals surface area (Å²) in [7, 11) is 1.59. The van der Waals surface area contributed by atoms with Crippen LogP contribution in [0.3, 0.4) is 0 Å². The van der Waals surface area contributed by atoms with Crippen molar-refractivity contribution in [2.45, 2.75) is 27.7 Å². The monoisotopic (exact) mass is 291 g/mol. The maximum Gasteiger partial charge on any atom is 0.270 e. The molecule has 1 amide bonds. The van der Waals surface area contributed by atoms with E-state index in [1.807, 2.05) is 39.8 Å². The van der Waals surface area contributed by atoms with Gasteiger partial charge in [0.15, 0.2) is 0 Å². The number of nitrogens with one attached hydrogen (secondary N) is 2. The molecule has 21 heavy (non-hydrogen) atoms. The number of ether oxygens (including phenoxy) is 1. The average molecular weight is 291 g/mol. The third-order valence-corrected chi connectivity index (χ3v) is 3.19. The Morgan fingerprint density at radius 1 is 1.33 bits per heavy atom. The van der Waals surface area contributed by atoms with E-state index in [0.717, 1.165) is 11.3 Å². The topological polar surface area (TPSA) is 76.4 Å². The number of nitrogens with two attached hydrogens (primary N) is 1. The van der Waals surface area contributed by atoms with Crippen LogP contribution in [0.4, 0.5) is 0 Å². The molecule has 0 heterocycles. The highest BCUT2D eigenvalue weighted by atomic mass is 16.5. The summed E-state index contributed by atoms with van der Waals surface area (Å²) in [5, 5.41) is 0. The first-order valence-electron chi connectivity index (χ1n) is 6.92. The van der Waals surface area contributed by atoms with Crippen LogP contribution in [0.2, 0.25) is 0 Å². The van der Waals surface area contributed by atoms with Crippen molar-refractivity contribution < 1.29 is 9.53 Å². The third-order valence-electron chi connectivity index (χ3n) is 3.19. The Morgan fingerprint density at radius 3 is 2.52 bits per heavy atom. The molecule has 0 saturated carbocycles. The van der Waals surface area contributed by atoms with E-state index in [0.29, 0.717) is 17.9 Å². The van der Waals surface area contributed by atoms with Gasteiger partial charge >= 0.3 is 0 Å². The van der Waals surface area contributed by atoms with Crippen molar-refractivity contribution in [1.29, 1.82) is 0 Å². The molecule has 0 spiro atoms. The molecule has 1 aromatic carbocycles. The van der Waals surface area contributed by atoms with Crippen LogP contribution >= 0.6 is 0 Å². The van der Waals surface area contributed by atoms with Gasteiger partial charge in [-0.05, 0) is 25.1 Å². The standard InChI is InChI=1S/C16H25N3O2/c1-11-12(7-6-8-13(11)21-5)15(20)19-18-14(9-10-17)16(2,3)4/h6-9,18H,10,17H2,1-5H3,(H,19,20)/b14-9+. The van der Waals surface area contributed by atoms with Crippen LogP contribution in [0.15, 0.2) is 30.0 Å². The highest BCUT2D eigenvalue weighted by Gasteiger charge is 2.18. The van der Waals surface area contributed by atoms with E-state index in [2.05, 4.69) is 10.9 Å². The van der Waals surface area contributed by atoms with Gasteiger partial charge in [-0.1, -0.05) is 26.8 Å². The normalized spacial score (nSPS) is 12.0. The number of hydrogen-bond acceptors (Lipinski definition) is 4. The zero-order valence-electron chi connectivity index (χ0n) is 13.4. The van der Waals surface area contributed by atoms with Crippen LogP contribution in [0.1, 0.15) is 36.7 Å². The molecule has 4 N–H and O–H groups in total. The number of hydrogen-bond donors (Lipinski definition) is 3. The Labute approximate surface area is 126 Å². The first-order chi connectivity index (χ1) is 9.81. The summed E-state index contributed by atoms with van der Waals surface area (Å²) in [6.45, 7) is 8.40. The van der Waals surface area contributed by atoms with E-state index in [1.54, 1.807) is 19.2 Å². The molecule has 0 fully saturated rings. The van der Waals surface area contributed by atoms with Gasteiger partial charge in [0.1, 0.15) is 5.75 Å². The zero-order valence-corrected chi connectivity index (χ0v) is 13.4. The second kappa shape index (κ2) is 7.13. The van der Waals surface area contributed by atoms with Gasteiger partial charge in [-0.3, -0.25) is 10.2 Å². The van der Waals surface area contributed by atoms with Crippen molar-refractivity contribution in [1.82, 2.24) is 10.9 Å². The fourth-order valence-corrected chi connectivity index (χ4v) is 1.94. The van der Waals surface area contributed by atoms with Crippen molar-refractivity contribution in [2.75, 3.05) is 13.7 Å². The van der Waals surface area contributed by atoms with Gasteiger partial charge < -0.3 is 15.9 Å². The highest BCUT2D eigenvalue weighted by molar-refractivity contribution is 5.96. The Balaban J connectivity index is 2.85. The molecule has 0 saturated heterocycles. The molecular weight excluding hydrogens is 266 g/mol. The number of benzene rings is 1. The van der Waals surface area contributed by atoms with Gasteiger partial charge in [0.05, 0.1) is 7.11 Å². The fraction of sp³-hybridized carbons (Fsp3) is 0.438. The first kappa shape index (κ1) is 17.0. The van der Waals surface area contributed by atoms with E-state index in [4.69, 9.17) is 10.5 Å². The minimum Gasteiger partial charge on any atom is -0.496 e. The Morgan fingerprint density at radius 2 is 2.00 bits per heavy atom. The van der Waals surface area contributed by atoms with Gasteiger partial charge in [-0.2, -0.15) is 0 Å². The smallest absolute Gasteiger partial charge is 0.270 e. The summed E-state index contributed by atoms with van der Waals surface area (Å²) in [5.41, 5.74) is 13.4. The molecule has 0 aliphatic rings. The quantitative estimate of drug-likeness (QED) is 0.726. The second-order valence-corrected chi connectivity index (χ2v) is 5.82. The lowest BCUT2D eigenvalue weighted by Gasteiger charge is -2.25. The lowest BCUT2D eigenvalue weighted by molar-refractivity contribution is 0.0934. The average Bonchev–Trinajstić information content (AvgIpc) is 2.42. The van der Waals surface area contributed by atoms with Gasteiger partial charge in [0, 0.05) is 28.8 Å². The van der Waals surface area contributed by atoms with Crippen molar-refractivity contribution in [3.63, 3.8) is 0 Å². The molecule has 0 aliphatic carbocycles. The molecule has 0 aliphatic heterocycles. The molecular formula is C16H25N3O2. The van der Waals surface area contributed by atoms with Crippen LogP contribution in [0.5, 0.6) is 5.75 Å². The Bertz CT molecular complexity index is 531. The SMILES string of the molecule is COc1cccc(C(=O)NN/C(=C/CN)C(C)(C)C)c1C. The minimum absolute atomic E-state index is 0.129. The van der Waals surface area contributed by atoms with E-state index in [1.165, 1.54) is 0 Å². The molecule has 0 radical (unpaired) electrons. The van der Waals surface area contributed by atoms with Gasteiger partial charge in [0.2, 0.25) is 0 Å². The second-order valence-electron chi connectivity index (χ2n) is 5.82. The maximum atomic E-state index is 12.3. The summed E-state index contributed by atoms with van der Waals surface area (Å²) in [6.07, 6.45) is 1.86. The van der Waals surface area contributed by atoms with E-state index in [9.17, 15) is 4.79 Å². The molecule has 5 heteroatoms. The summed E-state index contributed by atoms with van der Waals surface area (Å²) in [6, 6.07) is 5.38. The predicted octanol–water partition coefficient (Wildman–Crippen LogP) is 2.13. The lowest BCUT2D eigenvalue weighted by atomic mass is 9.92. The number of carbonyl (C=O) groups is 1. The van der Waals surface area contributed by atoms with Crippen LogP contribution in [0, 0.1) is 12.3 Å². The van der Waals surface area contributed by atoms with Crippen molar-refractivity contribution in [3.05, 3.63) is 41.1 Å². The highest BCUT2D eigenvalue weighted by Crippen LogP contribution is 2.23. The van der Waals surface area contributed by atoms with Crippen molar-refractivity contribution in [3.8, 4) is 5.75 Å². The molecule has 0 atom stereocenters. The van der Waals surface area contributed by atoms with Gasteiger partial charge in [-0.15, -0.1) is 0 Å². The number of hydrazine groups is 1. The maximum absolute atomic E-state index is 12.3. The van der Waals surface area contributed by atoms with Crippen LogP contribution in [-0.4, -0.2) is 19.6 Å². The molecule has 5 nitrogen and oxygen atoms in total. The van der Waals surface area contributed by atoms with Gasteiger partial charge in [-0.25, -0.2) is 0 Å². The lowest BCUT2D eigenvalue weighted by Crippen LogP contribution is -2.40. The molecule has 0 unspecified atom stereocenters. The predicted molar refractivity (Wildman–Crippen MR) is 84.9 cm³/mol. The van der Waals surface area contributed by atoms with Crippen LogP contribution in [-0.2, 0) is 0 Å². The number of carbonyl (C=O) groups excluding carboxylic acids is 1. The van der Waals surface area contributed by atoms with E-state index in [-0.39, 0.29) is 11.3 Å². The van der Waals surface area contributed by atoms with Crippen molar-refractivity contribution >= 4 is 5.91 Å². The number of allylic oxidation sites excluding steroid dienone is 1. The summed E-state index contributed by atoms with van der Waals surface area (Å²) in [4.78, 5) is 12.3. The summed E-state index contributed by atoms with van der Waals surface area (Å²) >= 11 is 0. The summed E-state index contributed by atoms with van der Waals surface area (Å²) in [5.74, 6) is 0.481. The molecule has 116 valence electrons. The molecule has 0 bridgehead atoms. The number of methoxy groups -OCH3 is 1. The Kier molecular flexibility index (Phi) is 5.79. The zero-order chi connectivity index (χ0) is 16.0. The van der Waals surface area contributed by atoms with Crippen LogP contribution in [0.25, 0.3) is 0 Å². The van der Waals surface area contributed by atoms with Crippen molar-refractivity contribution in [2.24, 2.45) is 11.1 Å². The fourth-order valence-electron chi connectivity index (χ4n) is 1.94. The van der Waals surface area contributed by atoms with E-state index < -0.39 is 0 Å². The first-order valence-corrected chi connectivity index (χ1v) is 6.92. The van der Waals surface area contributed by atoms with Crippen LogP contribution < -0.4 is 21.3 Å². The largest absolute Gasteiger partial charge is 0.496 e. The molecule has 0 aromatic heterocycles. The number of rotatable bonds is 5. The van der Waals surface area contributed by atoms with Gasteiger partial charge in [0.25, 0.3) is 5.91 Å². The third kappa shape index (κ3) is 4.49. The minimum atomic E-state index is -0.210. The van der Waals surface area contributed by atoms with E-state index >= 15 is 0 Å². The Hall–Kier alpha value is -2.01. The summed E-state index contributed by atoms with van der Waals surface area (Å²) < 4.78 is 5.23.